The van der Waals surface area contributed by atoms with Crippen LogP contribution >= 0.6 is 11.3 Å². The average molecular weight is 274 g/mol. The van der Waals surface area contributed by atoms with Gasteiger partial charge in [0, 0.05) is 15.8 Å². The van der Waals surface area contributed by atoms with E-state index in [0.29, 0.717) is 5.56 Å². The summed E-state index contributed by atoms with van der Waals surface area (Å²) in [7, 11) is 0. The molecule has 0 unspecified atom stereocenters. The third-order valence-electron chi connectivity index (χ3n) is 3.27. The van der Waals surface area contributed by atoms with Crippen LogP contribution < -0.4 is 0 Å². The van der Waals surface area contributed by atoms with Crippen LogP contribution in [0.5, 0.6) is 0 Å². The number of thiophene rings is 1. The molecule has 0 fully saturated rings. The van der Waals surface area contributed by atoms with Crippen molar-refractivity contribution in [2.75, 3.05) is 0 Å². The zero-order chi connectivity index (χ0) is 13.8. The van der Waals surface area contributed by atoms with Crippen molar-refractivity contribution in [3.63, 3.8) is 0 Å². The van der Waals surface area contributed by atoms with Gasteiger partial charge in [-0.05, 0) is 30.9 Å². The Morgan fingerprint density at radius 1 is 1.26 bits per heavy atom. The SMILES string of the molecule is CCCCc1ccc(-c2c(C(=O)O)csc2C)cc1. The number of aryl methyl sites for hydroxylation is 2. The van der Waals surface area contributed by atoms with Crippen LogP contribution in [-0.4, -0.2) is 11.1 Å². The minimum Gasteiger partial charge on any atom is -0.478 e. The van der Waals surface area contributed by atoms with Crippen molar-refractivity contribution in [2.45, 2.75) is 33.1 Å². The van der Waals surface area contributed by atoms with Crippen molar-refractivity contribution in [3.8, 4) is 11.1 Å². The summed E-state index contributed by atoms with van der Waals surface area (Å²) in [6.45, 7) is 4.15. The topological polar surface area (TPSA) is 37.3 Å². The van der Waals surface area contributed by atoms with E-state index in [-0.39, 0.29) is 0 Å². The molecule has 1 aromatic carbocycles. The number of hydrogen-bond acceptors (Lipinski definition) is 2. The van der Waals surface area contributed by atoms with E-state index >= 15 is 0 Å². The highest BCUT2D eigenvalue weighted by Crippen LogP contribution is 2.32. The first-order valence-corrected chi connectivity index (χ1v) is 7.42. The molecule has 1 N–H and O–H groups in total. The van der Waals surface area contributed by atoms with Crippen molar-refractivity contribution >= 4 is 17.3 Å². The standard InChI is InChI=1S/C16H18O2S/c1-3-4-5-12-6-8-13(9-7-12)15-11(2)19-10-14(15)16(17)18/h6-10H,3-5H2,1-2H3,(H,17,18). The van der Waals surface area contributed by atoms with E-state index < -0.39 is 5.97 Å². The van der Waals surface area contributed by atoms with Crippen LogP contribution in [0.2, 0.25) is 0 Å². The van der Waals surface area contributed by atoms with Gasteiger partial charge in [-0.15, -0.1) is 11.3 Å². The molecule has 0 aliphatic rings. The van der Waals surface area contributed by atoms with Crippen LogP contribution in [0, 0.1) is 6.92 Å². The Balaban J connectivity index is 2.32. The second-order valence-electron chi connectivity index (χ2n) is 4.69. The van der Waals surface area contributed by atoms with Crippen LogP contribution in [0.4, 0.5) is 0 Å². The maximum atomic E-state index is 11.2. The first-order valence-electron chi connectivity index (χ1n) is 6.54. The first kappa shape index (κ1) is 13.8. The maximum absolute atomic E-state index is 11.2. The van der Waals surface area contributed by atoms with Crippen LogP contribution in [0.15, 0.2) is 29.6 Å². The summed E-state index contributed by atoms with van der Waals surface area (Å²) in [5.74, 6) is -0.852. The van der Waals surface area contributed by atoms with Gasteiger partial charge in [-0.3, -0.25) is 0 Å². The molecule has 0 spiro atoms. The van der Waals surface area contributed by atoms with Crippen LogP contribution in [0.3, 0.4) is 0 Å². The van der Waals surface area contributed by atoms with E-state index in [4.69, 9.17) is 0 Å². The third kappa shape index (κ3) is 3.04. The lowest BCUT2D eigenvalue weighted by Crippen LogP contribution is -1.96. The van der Waals surface area contributed by atoms with Crippen molar-refractivity contribution in [2.24, 2.45) is 0 Å². The fraction of sp³-hybridized carbons (Fsp3) is 0.312. The molecular formula is C16H18O2S. The summed E-state index contributed by atoms with van der Waals surface area (Å²) in [5.41, 5.74) is 3.58. The predicted octanol–water partition coefficient (Wildman–Crippen LogP) is 4.76. The molecule has 19 heavy (non-hydrogen) atoms. The molecule has 1 heterocycles. The largest absolute Gasteiger partial charge is 0.478 e. The van der Waals surface area contributed by atoms with E-state index in [1.165, 1.54) is 29.7 Å². The number of rotatable bonds is 5. The van der Waals surface area contributed by atoms with Gasteiger partial charge in [0.2, 0.25) is 0 Å². The number of hydrogen-bond donors (Lipinski definition) is 1. The molecule has 1 aromatic heterocycles. The average Bonchev–Trinajstić information content (AvgIpc) is 2.79. The Hall–Kier alpha value is -1.61. The number of carboxylic acid groups (broad SMARTS) is 1. The minimum absolute atomic E-state index is 0.406. The summed E-state index contributed by atoms with van der Waals surface area (Å²) >= 11 is 1.49. The number of carboxylic acids is 1. The third-order valence-corrected chi connectivity index (χ3v) is 4.18. The highest BCUT2D eigenvalue weighted by Gasteiger charge is 2.16. The van der Waals surface area contributed by atoms with Gasteiger partial charge in [-0.1, -0.05) is 37.6 Å². The zero-order valence-corrected chi connectivity index (χ0v) is 12.1. The quantitative estimate of drug-likeness (QED) is 0.853. The molecule has 2 aromatic rings. The number of unbranched alkanes of at least 4 members (excludes halogenated alkanes) is 1. The lowest BCUT2D eigenvalue weighted by Gasteiger charge is -2.05. The molecule has 0 aliphatic heterocycles. The minimum atomic E-state index is -0.852. The van der Waals surface area contributed by atoms with E-state index in [1.54, 1.807) is 5.38 Å². The normalized spacial score (nSPS) is 10.6. The van der Waals surface area contributed by atoms with Gasteiger partial charge in [0.05, 0.1) is 5.56 Å². The molecule has 0 saturated carbocycles. The molecule has 0 radical (unpaired) electrons. The number of carbonyl (C=O) groups is 1. The molecule has 0 saturated heterocycles. The van der Waals surface area contributed by atoms with Gasteiger partial charge in [0.15, 0.2) is 0 Å². The second kappa shape index (κ2) is 6.02. The first-order chi connectivity index (χ1) is 9.13. The monoisotopic (exact) mass is 274 g/mol. The molecular weight excluding hydrogens is 256 g/mol. The van der Waals surface area contributed by atoms with Gasteiger partial charge < -0.3 is 5.11 Å². The van der Waals surface area contributed by atoms with Gasteiger partial charge in [0.25, 0.3) is 0 Å². The molecule has 2 rings (SSSR count). The summed E-state index contributed by atoms with van der Waals surface area (Å²) in [5, 5.41) is 10.9. The van der Waals surface area contributed by atoms with Crippen molar-refractivity contribution in [1.29, 1.82) is 0 Å². The number of benzene rings is 1. The van der Waals surface area contributed by atoms with Gasteiger partial charge in [0.1, 0.15) is 0 Å². The Morgan fingerprint density at radius 3 is 2.53 bits per heavy atom. The van der Waals surface area contributed by atoms with Crippen molar-refractivity contribution in [1.82, 2.24) is 0 Å². The van der Waals surface area contributed by atoms with Crippen molar-refractivity contribution in [3.05, 3.63) is 45.6 Å². The van der Waals surface area contributed by atoms with Gasteiger partial charge >= 0.3 is 5.97 Å². The molecule has 0 atom stereocenters. The van der Waals surface area contributed by atoms with E-state index in [9.17, 15) is 9.90 Å². The summed E-state index contributed by atoms with van der Waals surface area (Å²) in [6.07, 6.45) is 3.47. The summed E-state index contributed by atoms with van der Waals surface area (Å²) < 4.78 is 0. The highest BCUT2D eigenvalue weighted by atomic mass is 32.1. The van der Waals surface area contributed by atoms with Crippen LogP contribution in [0.25, 0.3) is 11.1 Å². The van der Waals surface area contributed by atoms with E-state index in [0.717, 1.165) is 22.4 Å². The fourth-order valence-electron chi connectivity index (χ4n) is 2.19. The smallest absolute Gasteiger partial charge is 0.337 e. The second-order valence-corrected chi connectivity index (χ2v) is 5.77. The maximum Gasteiger partial charge on any atom is 0.337 e. The molecule has 100 valence electrons. The summed E-state index contributed by atoms with van der Waals surface area (Å²) in [4.78, 5) is 12.3. The van der Waals surface area contributed by atoms with Crippen LogP contribution in [-0.2, 0) is 6.42 Å². The molecule has 2 nitrogen and oxygen atoms in total. The Kier molecular flexibility index (Phi) is 4.38. The molecule has 0 bridgehead atoms. The van der Waals surface area contributed by atoms with E-state index in [2.05, 4.69) is 19.1 Å². The predicted molar refractivity (Wildman–Crippen MR) is 80.1 cm³/mol. The zero-order valence-electron chi connectivity index (χ0n) is 11.3. The molecule has 0 aliphatic carbocycles. The van der Waals surface area contributed by atoms with Gasteiger partial charge in [-0.25, -0.2) is 4.79 Å². The van der Waals surface area contributed by atoms with Crippen LogP contribution in [0.1, 0.15) is 40.6 Å². The molecule has 0 amide bonds. The van der Waals surface area contributed by atoms with E-state index in [1.807, 2.05) is 19.1 Å². The van der Waals surface area contributed by atoms with Gasteiger partial charge in [-0.2, -0.15) is 0 Å². The Bertz CT molecular complexity index is 567. The summed E-state index contributed by atoms with van der Waals surface area (Å²) in [6, 6.07) is 8.28. The number of aromatic carboxylic acids is 1. The Morgan fingerprint density at radius 2 is 1.95 bits per heavy atom. The van der Waals surface area contributed by atoms with Crippen molar-refractivity contribution < 1.29 is 9.90 Å². The Labute approximate surface area is 117 Å². The molecule has 3 heteroatoms. The fourth-order valence-corrected chi connectivity index (χ4v) is 3.05. The lowest BCUT2D eigenvalue weighted by atomic mass is 9.99. The highest BCUT2D eigenvalue weighted by molar-refractivity contribution is 7.10. The lowest BCUT2D eigenvalue weighted by molar-refractivity contribution is 0.0698.